The van der Waals surface area contributed by atoms with Gasteiger partial charge in [-0.1, -0.05) is 18.2 Å². The smallest absolute Gasteiger partial charge is 0.161 e. The maximum atomic E-state index is 5.45. The maximum absolute atomic E-state index is 5.45. The largest absolute Gasteiger partial charge is 0.493 e. The monoisotopic (exact) mass is 441 g/mol. The number of aromatic nitrogens is 2. The predicted octanol–water partition coefficient (Wildman–Crippen LogP) is 5.88. The van der Waals surface area contributed by atoms with Gasteiger partial charge < -0.3 is 14.8 Å². The Hall–Kier alpha value is -2.64. The van der Waals surface area contributed by atoms with E-state index in [0.29, 0.717) is 11.5 Å². The molecule has 0 radical (unpaired) electrons. The first kappa shape index (κ1) is 17.8. The minimum absolute atomic E-state index is 0.687. The SMILES string of the molecule is COc1ccc(-c2csc3ncnc(Nc4ccccc4Br)c23)cc1OC. The molecule has 4 rings (SSSR count). The molecular weight excluding hydrogens is 426 g/mol. The zero-order valence-corrected chi connectivity index (χ0v) is 17.1. The Morgan fingerprint density at radius 2 is 1.81 bits per heavy atom. The van der Waals surface area contributed by atoms with Crippen LogP contribution >= 0.6 is 27.3 Å². The molecule has 27 heavy (non-hydrogen) atoms. The Balaban J connectivity index is 1.85. The van der Waals surface area contributed by atoms with E-state index in [2.05, 4.69) is 36.6 Å². The summed E-state index contributed by atoms with van der Waals surface area (Å²) in [7, 11) is 3.27. The van der Waals surface area contributed by atoms with Crippen LogP contribution in [0.2, 0.25) is 0 Å². The van der Waals surface area contributed by atoms with Crippen molar-refractivity contribution in [1.82, 2.24) is 9.97 Å². The topological polar surface area (TPSA) is 56.3 Å². The molecule has 2 heterocycles. The molecule has 0 atom stereocenters. The van der Waals surface area contributed by atoms with Crippen LogP contribution in [0.4, 0.5) is 11.5 Å². The van der Waals surface area contributed by atoms with Gasteiger partial charge in [0.1, 0.15) is 17.0 Å². The Labute approximate surface area is 169 Å². The normalized spacial score (nSPS) is 10.8. The number of benzene rings is 2. The predicted molar refractivity (Wildman–Crippen MR) is 113 cm³/mol. The molecule has 136 valence electrons. The fourth-order valence-corrected chi connectivity index (χ4v) is 4.18. The number of anilines is 2. The summed E-state index contributed by atoms with van der Waals surface area (Å²) in [5.41, 5.74) is 3.01. The Kier molecular flexibility index (Phi) is 4.96. The summed E-state index contributed by atoms with van der Waals surface area (Å²) in [5.74, 6) is 2.15. The van der Waals surface area contributed by atoms with E-state index >= 15 is 0 Å². The number of thiophene rings is 1. The second-order valence-electron chi connectivity index (χ2n) is 5.73. The lowest BCUT2D eigenvalue weighted by molar-refractivity contribution is 0.355. The van der Waals surface area contributed by atoms with Gasteiger partial charge in [-0.3, -0.25) is 0 Å². The summed E-state index contributed by atoms with van der Waals surface area (Å²) in [6.45, 7) is 0. The second-order valence-corrected chi connectivity index (χ2v) is 7.44. The number of halogens is 1. The van der Waals surface area contributed by atoms with E-state index in [-0.39, 0.29) is 0 Å². The number of fused-ring (bicyclic) bond motifs is 1. The van der Waals surface area contributed by atoms with Crippen molar-refractivity contribution < 1.29 is 9.47 Å². The molecule has 4 aromatic rings. The van der Waals surface area contributed by atoms with E-state index in [0.717, 1.165) is 37.3 Å². The Morgan fingerprint density at radius 3 is 2.59 bits per heavy atom. The van der Waals surface area contributed by atoms with Crippen LogP contribution in [0.1, 0.15) is 0 Å². The lowest BCUT2D eigenvalue weighted by Crippen LogP contribution is -1.96. The average Bonchev–Trinajstić information content (AvgIpc) is 3.14. The van der Waals surface area contributed by atoms with Crippen LogP contribution in [0, 0.1) is 0 Å². The molecule has 0 bridgehead atoms. The van der Waals surface area contributed by atoms with Crippen molar-refractivity contribution in [3.63, 3.8) is 0 Å². The molecular formula is C20H16BrN3O2S. The van der Waals surface area contributed by atoms with E-state index in [4.69, 9.17) is 9.47 Å². The summed E-state index contributed by atoms with van der Waals surface area (Å²) < 4.78 is 11.8. The van der Waals surface area contributed by atoms with Crippen molar-refractivity contribution in [2.75, 3.05) is 19.5 Å². The maximum Gasteiger partial charge on any atom is 0.161 e. The summed E-state index contributed by atoms with van der Waals surface area (Å²) in [4.78, 5) is 9.83. The van der Waals surface area contributed by atoms with E-state index in [1.807, 2.05) is 42.5 Å². The van der Waals surface area contributed by atoms with Crippen LogP contribution in [-0.2, 0) is 0 Å². The van der Waals surface area contributed by atoms with Gasteiger partial charge >= 0.3 is 0 Å². The number of nitrogens with one attached hydrogen (secondary N) is 1. The molecule has 2 aromatic heterocycles. The van der Waals surface area contributed by atoms with Gasteiger partial charge in [-0.05, 0) is 45.8 Å². The summed E-state index contributed by atoms with van der Waals surface area (Å²) in [6.07, 6.45) is 1.58. The average molecular weight is 442 g/mol. The quantitative estimate of drug-likeness (QED) is 0.418. The fraction of sp³-hybridized carbons (Fsp3) is 0.100. The highest BCUT2D eigenvalue weighted by Crippen LogP contribution is 2.40. The molecule has 0 aliphatic carbocycles. The molecule has 0 spiro atoms. The van der Waals surface area contributed by atoms with Crippen molar-refractivity contribution in [2.24, 2.45) is 0 Å². The molecule has 0 unspecified atom stereocenters. The Morgan fingerprint density at radius 1 is 1.00 bits per heavy atom. The number of rotatable bonds is 5. The molecule has 0 aliphatic rings. The lowest BCUT2D eigenvalue weighted by Gasteiger charge is -2.11. The van der Waals surface area contributed by atoms with Crippen molar-refractivity contribution in [1.29, 1.82) is 0 Å². The summed E-state index contributed by atoms with van der Waals surface area (Å²) >= 11 is 5.16. The van der Waals surface area contributed by atoms with Crippen LogP contribution in [0.15, 0.2) is 58.6 Å². The third kappa shape index (κ3) is 3.36. The lowest BCUT2D eigenvalue weighted by atomic mass is 10.1. The van der Waals surface area contributed by atoms with Gasteiger partial charge in [0.05, 0.1) is 25.3 Å². The highest BCUT2D eigenvalue weighted by atomic mass is 79.9. The van der Waals surface area contributed by atoms with E-state index in [1.54, 1.807) is 31.9 Å². The molecule has 0 aliphatic heterocycles. The first-order valence-electron chi connectivity index (χ1n) is 8.17. The van der Waals surface area contributed by atoms with E-state index < -0.39 is 0 Å². The van der Waals surface area contributed by atoms with Gasteiger partial charge in [0.25, 0.3) is 0 Å². The minimum atomic E-state index is 0.687. The number of nitrogens with zero attached hydrogens (tertiary/aromatic N) is 2. The van der Waals surface area contributed by atoms with Crippen molar-refractivity contribution in [3.05, 3.63) is 58.6 Å². The van der Waals surface area contributed by atoms with Gasteiger partial charge in [-0.15, -0.1) is 11.3 Å². The van der Waals surface area contributed by atoms with Gasteiger partial charge in [-0.2, -0.15) is 0 Å². The van der Waals surface area contributed by atoms with Gasteiger partial charge in [0.2, 0.25) is 0 Å². The van der Waals surface area contributed by atoms with Crippen LogP contribution < -0.4 is 14.8 Å². The molecule has 0 saturated heterocycles. The summed E-state index contributed by atoms with van der Waals surface area (Å²) in [5, 5.41) is 6.48. The Bertz CT molecular complexity index is 1110. The van der Waals surface area contributed by atoms with Gasteiger partial charge in [-0.25, -0.2) is 9.97 Å². The fourth-order valence-electron chi connectivity index (χ4n) is 2.88. The summed E-state index contributed by atoms with van der Waals surface area (Å²) in [6, 6.07) is 13.8. The van der Waals surface area contributed by atoms with Crippen LogP contribution in [0.25, 0.3) is 21.3 Å². The number of hydrogen-bond acceptors (Lipinski definition) is 6. The van der Waals surface area contributed by atoms with Gasteiger partial charge in [0, 0.05) is 15.4 Å². The molecule has 7 heteroatoms. The molecule has 5 nitrogen and oxygen atoms in total. The zero-order chi connectivity index (χ0) is 18.8. The highest BCUT2D eigenvalue weighted by Gasteiger charge is 2.15. The second kappa shape index (κ2) is 7.54. The standard InChI is InChI=1S/C20H16BrN3O2S/c1-25-16-8-7-12(9-17(16)26-2)13-10-27-20-18(13)19(22-11-23-20)24-15-6-4-3-5-14(15)21/h3-11H,1-2H3,(H,22,23,24). The molecule has 1 N–H and O–H groups in total. The van der Waals surface area contributed by atoms with Crippen molar-refractivity contribution in [3.8, 4) is 22.6 Å². The van der Waals surface area contributed by atoms with Crippen LogP contribution in [-0.4, -0.2) is 24.2 Å². The van der Waals surface area contributed by atoms with Crippen LogP contribution in [0.5, 0.6) is 11.5 Å². The minimum Gasteiger partial charge on any atom is -0.493 e. The first-order chi connectivity index (χ1) is 13.2. The van der Waals surface area contributed by atoms with Crippen molar-refractivity contribution >= 4 is 49.0 Å². The third-order valence-electron chi connectivity index (χ3n) is 4.19. The van der Waals surface area contributed by atoms with Crippen LogP contribution in [0.3, 0.4) is 0 Å². The first-order valence-corrected chi connectivity index (χ1v) is 9.84. The van der Waals surface area contributed by atoms with Crippen molar-refractivity contribution in [2.45, 2.75) is 0 Å². The third-order valence-corrected chi connectivity index (χ3v) is 5.77. The number of ether oxygens (including phenoxy) is 2. The van der Waals surface area contributed by atoms with E-state index in [1.165, 1.54) is 0 Å². The number of para-hydroxylation sites is 1. The molecule has 0 fully saturated rings. The highest BCUT2D eigenvalue weighted by molar-refractivity contribution is 9.10. The van der Waals surface area contributed by atoms with Gasteiger partial charge in [0.15, 0.2) is 11.5 Å². The molecule has 0 saturated carbocycles. The molecule has 0 amide bonds. The molecule has 2 aromatic carbocycles. The zero-order valence-electron chi connectivity index (χ0n) is 14.7. The van der Waals surface area contributed by atoms with E-state index in [9.17, 15) is 0 Å². The number of hydrogen-bond donors (Lipinski definition) is 1. The number of methoxy groups -OCH3 is 2.